The van der Waals surface area contributed by atoms with Gasteiger partial charge in [-0.15, -0.1) is 11.3 Å². The lowest BCUT2D eigenvalue weighted by Gasteiger charge is -2.33. The first-order chi connectivity index (χ1) is 13.4. The summed E-state index contributed by atoms with van der Waals surface area (Å²) in [5, 5.41) is 4.04. The smallest absolute Gasteiger partial charge is 0.266 e. The van der Waals surface area contributed by atoms with Crippen LogP contribution < -0.4 is 10.2 Å². The highest BCUT2D eigenvalue weighted by Crippen LogP contribution is 2.35. The molecule has 1 N–H and O–H groups in total. The van der Waals surface area contributed by atoms with E-state index >= 15 is 0 Å². The molecule has 6 nitrogen and oxygen atoms in total. The fourth-order valence-corrected chi connectivity index (χ4v) is 4.57. The minimum Gasteiger partial charge on any atom is -0.353 e. The number of hydrogen-bond donors (Lipinski definition) is 1. The van der Waals surface area contributed by atoms with Gasteiger partial charge in [-0.2, -0.15) is 0 Å². The number of nitrogens with one attached hydrogen (secondary N) is 1. The Morgan fingerprint density at radius 3 is 2.54 bits per heavy atom. The summed E-state index contributed by atoms with van der Waals surface area (Å²) in [6.07, 6.45) is 1.61. The van der Waals surface area contributed by atoms with Gasteiger partial charge in [-0.1, -0.05) is 6.07 Å². The molecule has 0 aliphatic carbocycles. The molecule has 0 spiro atoms. The Morgan fingerprint density at radius 2 is 1.82 bits per heavy atom. The van der Waals surface area contributed by atoms with Crippen molar-refractivity contribution in [1.82, 2.24) is 14.9 Å². The van der Waals surface area contributed by atoms with Crippen LogP contribution in [-0.4, -0.2) is 54.0 Å². The van der Waals surface area contributed by atoms with Crippen LogP contribution in [0.3, 0.4) is 0 Å². The first-order valence-electron chi connectivity index (χ1n) is 9.50. The summed E-state index contributed by atoms with van der Waals surface area (Å²) in [6.45, 7) is 9.99. The number of aromatic nitrogens is 2. The van der Waals surface area contributed by atoms with E-state index in [-0.39, 0.29) is 5.91 Å². The van der Waals surface area contributed by atoms with Crippen molar-refractivity contribution >= 4 is 39.0 Å². The van der Waals surface area contributed by atoms with Crippen LogP contribution in [0.15, 0.2) is 24.5 Å². The lowest BCUT2D eigenvalue weighted by molar-refractivity contribution is 0.103. The Labute approximate surface area is 169 Å². The van der Waals surface area contributed by atoms with Crippen LogP contribution in [0.5, 0.6) is 0 Å². The first-order valence-corrected chi connectivity index (χ1v) is 10.3. The molecule has 0 saturated carbocycles. The minimum atomic E-state index is -0.0897. The standard InChI is InChI=1S/C21H25N5OS/c1-13-5-6-16(11-14(13)2)24-20(27)18-15(3)17-19(22-12-23-21(17)28-18)26-9-7-25(4)8-10-26/h5-6,11-12H,7-10H2,1-4H3,(H,24,27). The van der Waals surface area contributed by atoms with E-state index in [1.165, 1.54) is 16.9 Å². The van der Waals surface area contributed by atoms with Gasteiger partial charge in [0.15, 0.2) is 0 Å². The third kappa shape index (κ3) is 3.47. The quantitative estimate of drug-likeness (QED) is 0.734. The number of carbonyl (C=O) groups is 1. The highest BCUT2D eigenvalue weighted by molar-refractivity contribution is 7.20. The number of hydrogen-bond acceptors (Lipinski definition) is 6. The molecular formula is C21H25N5OS. The number of nitrogens with zero attached hydrogens (tertiary/aromatic N) is 4. The molecular weight excluding hydrogens is 370 g/mol. The van der Waals surface area contributed by atoms with E-state index in [9.17, 15) is 4.79 Å². The average molecular weight is 396 g/mol. The number of rotatable bonds is 3. The van der Waals surface area contributed by atoms with Crippen molar-refractivity contribution in [2.45, 2.75) is 20.8 Å². The number of fused-ring (bicyclic) bond motifs is 1. The summed E-state index contributed by atoms with van der Waals surface area (Å²) >= 11 is 1.44. The lowest BCUT2D eigenvalue weighted by atomic mass is 10.1. The molecule has 7 heteroatoms. The van der Waals surface area contributed by atoms with Gasteiger partial charge in [-0.3, -0.25) is 4.79 Å². The van der Waals surface area contributed by atoms with Crippen LogP contribution in [0.4, 0.5) is 11.5 Å². The molecule has 1 aliphatic rings. The van der Waals surface area contributed by atoms with Crippen molar-refractivity contribution in [2.75, 3.05) is 43.4 Å². The van der Waals surface area contributed by atoms with Gasteiger partial charge in [0.1, 0.15) is 17.0 Å². The highest BCUT2D eigenvalue weighted by Gasteiger charge is 2.23. The van der Waals surface area contributed by atoms with Crippen molar-refractivity contribution in [3.63, 3.8) is 0 Å². The number of thiophene rings is 1. The number of aryl methyl sites for hydroxylation is 3. The van der Waals surface area contributed by atoms with Crippen molar-refractivity contribution in [3.05, 3.63) is 46.1 Å². The second kappa shape index (κ2) is 7.48. The monoisotopic (exact) mass is 395 g/mol. The van der Waals surface area contributed by atoms with E-state index in [4.69, 9.17) is 0 Å². The summed E-state index contributed by atoms with van der Waals surface area (Å²) in [5.74, 6) is 0.852. The van der Waals surface area contributed by atoms with Crippen LogP contribution in [0.25, 0.3) is 10.2 Å². The minimum absolute atomic E-state index is 0.0897. The fraction of sp³-hybridized carbons (Fsp3) is 0.381. The van der Waals surface area contributed by atoms with Gasteiger partial charge in [0, 0.05) is 31.9 Å². The molecule has 1 aliphatic heterocycles. The van der Waals surface area contributed by atoms with Gasteiger partial charge in [-0.25, -0.2) is 9.97 Å². The zero-order valence-corrected chi connectivity index (χ0v) is 17.6. The molecule has 28 heavy (non-hydrogen) atoms. The molecule has 0 bridgehead atoms. The molecule has 2 aromatic heterocycles. The molecule has 0 radical (unpaired) electrons. The van der Waals surface area contributed by atoms with Gasteiger partial charge in [0.25, 0.3) is 5.91 Å². The molecule has 0 atom stereocenters. The summed E-state index contributed by atoms with van der Waals surface area (Å²) in [7, 11) is 2.14. The van der Waals surface area contributed by atoms with E-state index in [0.717, 1.165) is 59.0 Å². The van der Waals surface area contributed by atoms with Gasteiger partial charge >= 0.3 is 0 Å². The summed E-state index contributed by atoms with van der Waals surface area (Å²) < 4.78 is 0. The summed E-state index contributed by atoms with van der Waals surface area (Å²) in [6, 6.07) is 5.98. The van der Waals surface area contributed by atoms with Crippen LogP contribution >= 0.6 is 11.3 Å². The van der Waals surface area contributed by atoms with Crippen LogP contribution in [-0.2, 0) is 0 Å². The molecule has 1 amide bonds. The van der Waals surface area contributed by atoms with Gasteiger partial charge < -0.3 is 15.1 Å². The first kappa shape index (κ1) is 18.8. The Morgan fingerprint density at radius 1 is 1.07 bits per heavy atom. The van der Waals surface area contributed by atoms with E-state index in [1.54, 1.807) is 6.33 Å². The zero-order valence-electron chi connectivity index (χ0n) is 16.7. The maximum atomic E-state index is 13.0. The summed E-state index contributed by atoms with van der Waals surface area (Å²) in [5.41, 5.74) is 4.14. The van der Waals surface area contributed by atoms with Gasteiger partial charge in [0.2, 0.25) is 0 Å². The molecule has 3 aromatic rings. The van der Waals surface area contributed by atoms with Crippen LogP contribution in [0.2, 0.25) is 0 Å². The third-order valence-electron chi connectivity index (χ3n) is 5.48. The normalized spacial score (nSPS) is 15.2. The third-order valence-corrected chi connectivity index (χ3v) is 6.68. The Bertz CT molecular complexity index is 1040. The van der Waals surface area contributed by atoms with Crippen molar-refractivity contribution < 1.29 is 4.79 Å². The Kier molecular flexibility index (Phi) is 5.03. The second-order valence-electron chi connectivity index (χ2n) is 7.48. The Balaban J connectivity index is 1.66. The van der Waals surface area contributed by atoms with Gasteiger partial charge in [-0.05, 0) is 56.6 Å². The highest BCUT2D eigenvalue weighted by atomic mass is 32.1. The number of piperazine rings is 1. The SMILES string of the molecule is Cc1ccc(NC(=O)c2sc3ncnc(N4CCN(C)CC4)c3c2C)cc1C. The fourth-order valence-electron chi connectivity index (χ4n) is 3.53. The predicted octanol–water partition coefficient (Wildman–Crippen LogP) is 3.62. The van der Waals surface area contributed by atoms with E-state index in [2.05, 4.69) is 39.1 Å². The van der Waals surface area contributed by atoms with Gasteiger partial charge in [0.05, 0.1) is 10.3 Å². The average Bonchev–Trinajstić information content (AvgIpc) is 3.02. The molecule has 4 rings (SSSR count). The van der Waals surface area contributed by atoms with Crippen molar-refractivity contribution in [2.24, 2.45) is 0 Å². The molecule has 1 saturated heterocycles. The topological polar surface area (TPSA) is 61.4 Å². The summed E-state index contributed by atoms with van der Waals surface area (Å²) in [4.78, 5) is 28.1. The molecule has 3 heterocycles. The number of amides is 1. The van der Waals surface area contributed by atoms with Crippen molar-refractivity contribution in [3.8, 4) is 0 Å². The lowest BCUT2D eigenvalue weighted by Crippen LogP contribution is -2.44. The molecule has 146 valence electrons. The number of benzene rings is 1. The molecule has 1 fully saturated rings. The van der Waals surface area contributed by atoms with E-state index in [0.29, 0.717) is 4.88 Å². The number of anilines is 2. The number of likely N-dealkylation sites (N-methyl/N-ethyl adjacent to an activating group) is 1. The molecule has 1 aromatic carbocycles. The number of carbonyl (C=O) groups excluding carboxylic acids is 1. The van der Waals surface area contributed by atoms with Crippen molar-refractivity contribution in [1.29, 1.82) is 0 Å². The Hall–Kier alpha value is -2.51. The van der Waals surface area contributed by atoms with E-state index in [1.807, 2.05) is 32.0 Å². The predicted molar refractivity (Wildman–Crippen MR) is 116 cm³/mol. The molecule has 0 unspecified atom stereocenters. The van der Waals surface area contributed by atoms with Crippen LogP contribution in [0.1, 0.15) is 26.4 Å². The maximum absolute atomic E-state index is 13.0. The zero-order chi connectivity index (χ0) is 19.8. The maximum Gasteiger partial charge on any atom is 0.266 e. The van der Waals surface area contributed by atoms with Crippen LogP contribution in [0, 0.1) is 20.8 Å². The largest absolute Gasteiger partial charge is 0.353 e. The second-order valence-corrected chi connectivity index (χ2v) is 8.48. The van der Waals surface area contributed by atoms with E-state index < -0.39 is 0 Å².